The van der Waals surface area contributed by atoms with Crippen molar-refractivity contribution in [3.63, 3.8) is 0 Å². The van der Waals surface area contributed by atoms with Crippen LogP contribution in [0.3, 0.4) is 0 Å². The van der Waals surface area contributed by atoms with Gasteiger partial charge in [0, 0.05) is 25.5 Å². The van der Waals surface area contributed by atoms with Gasteiger partial charge in [-0.25, -0.2) is 18.3 Å². The van der Waals surface area contributed by atoms with E-state index >= 15 is 0 Å². The second-order valence-electron chi connectivity index (χ2n) is 8.61. The predicted octanol–water partition coefficient (Wildman–Crippen LogP) is 5.64. The minimum atomic E-state index is -2.78. The molecule has 2 fully saturated rings. The molecule has 34 heavy (non-hydrogen) atoms. The normalized spacial score (nSPS) is 17.0. The molecule has 0 aromatic carbocycles. The van der Waals surface area contributed by atoms with E-state index < -0.39 is 18.0 Å². The first-order valence-electron chi connectivity index (χ1n) is 12.4. The summed E-state index contributed by atoms with van der Waals surface area (Å²) in [5, 5.41) is 11.0. The molecule has 0 atom stereocenters. The summed E-state index contributed by atoms with van der Waals surface area (Å²) < 4.78 is 30.4. The Morgan fingerprint density at radius 3 is 2.50 bits per heavy atom. The summed E-state index contributed by atoms with van der Waals surface area (Å²) in [5.74, 6) is 0.276. The Hall–Kier alpha value is -3.04. The molecule has 1 N–H and O–H groups in total. The lowest BCUT2D eigenvalue weighted by Gasteiger charge is -2.27. The molecule has 3 aromatic rings. The number of fused-ring (bicyclic) bond motifs is 1. The Morgan fingerprint density at radius 2 is 1.79 bits per heavy atom. The van der Waals surface area contributed by atoms with Gasteiger partial charge in [-0.15, -0.1) is 0 Å². The van der Waals surface area contributed by atoms with Gasteiger partial charge in [0.25, 0.3) is 12.3 Å². The number of carbonyl (C=O) groups excluding carboxylic acids is 1. The Bertz CT molecular complexity index is 1100. The molecule has 1 amide bonds. The average molecular weight is 474 g/mol. The topological polar surface area (TPSA) is 80.3 Å². The lowest BCUT2D eigenvalue weighted by Crippen LogP contribution is -2.30. The number of hydrogen-bond acceptors (Lipinski definition) is 5. The number of carbonyl (C=O) groups is 1. The maximum atomic E-state index is 13.7. The van der Waals surface area contributed by atoms with Crippen LogP contribution in [-0.4, -0.2) is 43.4 Å². The zero-order valence-electron chi connectivity index (χ0n) is 19.9. The molecule has 1 saturated carbocycles. The van der Waals surface area contributed by atoms with E-state index in [1.165, 1.54) is 23.3 Å². The van der Waals surface area contributed by atoms with Gasteiger partial charge in [-0.3, -0.25) is 9.48 Å². The SMILES string of the molecule is CC.O=C(Nc1cn(C2CCCCC2)nc1C(F)F)c1cnn2ccc(N3CCCCC3)nc12. The number of alkyl halides is 2. The van der Waals surface area contributed by atoms with Crippen molar-refractivity contribution < 1.29 is 13.6 Å². The standard InChI is InChI=1S/C22H27F2N7O.C2H6/c23-20(24)19-17(14-31(28-19)15-7-3-1-4-8-15)26-22(32)16-13-25-30-12-9-18(27-21(16)30)29-10-5-2-6-11-29;1-2/h9,12-15,20H,1-8,10-11H2,(H,26,32);1-2H3. The Labute approximate surface area is 198 Å². The summed E-state index contributed by atoms with van der Waals surface area (Å²) in [7, 11) is 0. The van der Waals surface area contributed by atoms with E-state index in [1.54, 1.807) is 10.9 Å². The van der Waals surface area contributed by atoms with Crippen molar-refractivity contribution in [2.75, 3.05) is 23.3 Å². The molecule has 4 heterocycles. The smallest absolute Gasteiger partial charge is 0.284 e. The van der Waals surface area contributed by atoms with E-state index in [4.69, 9.17) is 0 Å². The minimum absolute atomic E-state index is 0.0436. The molecule has 8 nitrogen and oxygen atoms in total. The number of nitrogens with one attached hydrogen (secondary N) is 1. The largest absolute Gasteiger partial charge is 0.357 e. The Morgan fingerprint density at radius 1 is 1.09 bits per heavy atom. The molecular weight excluding hydrogens is 440 g/mol. The molecule has 1 aliphatic carbocycles. The van der Waals surface area contributed by atoms with Crippen molar-refractivity contribution in [3.05, 3.63) is 35.9 Å². The third-order valence-electron chi connectivity index (χ3n) is 6.44. The molecule has 2 aliphatic rings. The van der Waals surface area contributed by atoms with Crippen molar-refractivity contribution >= 4 is 23.1 Å². The summed E-state index contributed by atoms with van der Waals surface area (Å²) in [6, 6.07) is 1.98. The number of aromatic nitrogens is 5. The number of piperidine rings is 1. The van der Waals surface area contributed by atoms with Crippen LogP contribution in [0.1, 0.15) is 93.7 Å². The molecule has 10 heteroatoms. The fourth-order valence-electron chi connectivity index (χ4n) is 4.70. The van der Waals surface area contributed by atoms with Crippen LogP contribution in [0, 0.1) is 0 Å². The minimum Gasteiger partial charge on any atom is -0.357 e. The first-order chi connectivity index (χ1) is 16.6. The maximum Gasteiger partial charge on any atom is 0.284 e. The van der Waals surface area contributed by atoms with Crippen molar-refractivity contribution in [3.8, 4) is 0 Å². The summed E-state index contributed by atoms with van der Waals surface area (Å²) in [6.45, 7) is 5.86. The van der Waals surface area contributed by atoms with Crippen LogP contribution in [0.15, 0.2) is 24.7 Å². The van der Waals surface area contributed by atoms with Crippen LogP contribution in [0.25, 0.3) is 5.65 Å². The molecule has 5 rings (SSSR count). The highest BCUT2D eigenvalue weighted by Gasteiger charge is 2.25. The van der Waals surface area contributed by atoms with Crippen LogP contribution >= 0.6 is 0 Å². The number of rotatable bonds is 5. The average Bonchev–Trinajstić information content (AvgIpc) is 3.50. The van der Waals surface area contributed by atoms with Gasteiger partial charge >= 0.3 is 0 Å². The van der Waals surface area contributed by atoms with Gasteiger partial charge in [-0.2, -0.15) is 10.2 Å². The molecule has 0 radical (unpaired) electrons. The van der Waals surface area contributed by atoms with E-state index in [0.29, 0.717) is 5.65 Å². The molecule has 0 unspecified atom stereocenters. The fraction of sp³-hybridized carbons (Fsp3) is 0.583. The van der Waals surface area contributed by atoms with Crippen molar-refractivity contribution in [1.29, 1.82) is 0 Å². The van der Waals surface area contributed by atoms with Gasteiger partial charge in [-0.05, 0) is 38.2 Å². The zero-order valence-corrected chi connectivity index (χ0v) is 19.9. The highest BCUT2D eigenvalue weighted by Crippen LogP contribution is 2.32. The second-order valence-corrected chi connectivity index (χ2v) is 8.61. The van der Waals surface area contributed by atoms with Crippen molar-refractivity contribution in [2.24, 2.45) is 0 Å². The van der Waals surface area contributed by atoms with Gasteiger partial charge < -0.3 is 10.2 Å². The lowest BCUT2D eigenvalue weighted by atomic mass is 9.96. The number of anilines is 2. The lowest BCUT2D eigenvalue weighted by molar-refractivity contribution is 0.102. The van der Waals surface area contributed by atoms with Crippen molar-refractivity contribution in [2.45, 2.75) is 77.7 Å². The van der Waals surface area contributed by atoms with Crippen molar-refractivity contribution in [1.82, 2.24) is 24.4 Å². The monoisotopic (exact) mass is 473 g/mol. The van der Waals surface area contributed by atoms with E-state index in [2.05, 4.69) is 25.4 Å². The first kappa shape index (κ1) is 24.1. The van der Waals surface area contributed by atoms with Gasteiger partial charge in [0.15, 0.2) is 11.3 Å². The van der Waals surface area contributed by atoms with Gasteiger partial charge in [0.2, 0.25) is 0 Å². The summed E-state index contributed by atoms with van der Waals surface area (Å²) in [5.41, 5.74) is 0.294. The Balaban J connectivity index is 0.00000133. The van der Waals surface area contributed by atoms with Crippen LogP contribution in [0.2, 0.25) is 0 Å². The molecular formula is C24H33F2N7O. The van der Waals surface area contributed by atoms with Crippen LogP contribution in [-0.2, 0) is 0 Å². The molecule has 184 valence electrons. The van der Waals surface area contributed by atoms with E-state index in [-0.39, 0.29) is 17.3 Å². The summed E-state index contributed by atoms with van der Waals surface area (Å²) in [6.07, 6.45) is 10.5. The van der Waals surface area contributed by atoms with Gasteiger partial charge in [0.05, 0.1) is 17.9 Å². The van der Waals surface area contributed by atoms with Crippen LogP contribution < -0.4 is 10.2 Å². The van der Waals surface area contributed by atoms with E-state index in [0.717, 1.165) is 63.9 Å². The number of halogens is 2. The summed E-state index contributed by atoms with van der Waals surface area (Å²) in [4.78, 5) is 19.9. The molecule has 0 spiro atoms. The van der Waals surface area contributed by atoms with Crippen LogP contribution in [0.4, 0.5) is 20.3 Å². The maximum absolute atomic E-state index is 13.7. The number of amides is 1. The summed E-state index contributed by atoms with van der Waals surface area (Å²) >= 11 is 0. The first-order valence-corrected chi connectivity index (χ1v) is 12.4. The molecule has 1 saturated heterocycles. The fourth-order valence-corrected chi connectivity index (χ4v) is 4.70. The Kier molecular flexibility index (Phi) is 7.74. The zero-order chi connectivity index (χ0) is 24.1. The highest BCUT2D eigenvalue weighted by molar-refractivity contribution is 6.08. The quantitative estimate of drug-likeness (QED) is 0.519. The van der Waals surface area contributed by atoms with Gasteiger partial charge in [0.1, 0.15) is 11.4 Å². The third-order valence-corrected chi connectivity index (χ3v) is 6.44. The van der Waals surface area contributed by atoms with Gasteiger partial charge in [-0.1, -0.05) is 33.1 Å². The predicted molar refractivity (Wildman–Crippen MR) is 128 cm³/mol. The van der Waals surface area contributed by atoms with Crippen LogP contribution in [0.5, 0.6) is 0 Å². The van der Waals surface area contributed by atoms with E-state index in [9.17, 15) is 13.6 Å². The van der Waals surface area contributed by atoms with E-state index in [1.807, 2.05) is 19.9 Å². The molecule has 1 aliphatic heterocycles. The molecule has 0 bridgehead atoms. The second kappa shape index (κ2) is 10.9. The highest BCUT2D eigenvalue weighted by atomic mass is 19.3. The number of nitrogens with zero attached hydrogens (tertiary/aromatic N) is 6. The molecule has 3 aromatic heterocycles. The third kappa shape index (κ3) is 5.05. The number of hydrogen-bond donors (Lipinski definition) is 1.